The molecule has 1 aromatic rings. The van der Waals surface area contributed by atoms with Gasteiger partial charge in [-0.3, -0.25) is 4.90 Å². The summed E-state index contributed by atoms with van der Waals surface area (Å²) in [4.78, 5) is 9.58. The Bertz CT molecular complexity index is 451. The second-order valence-electron chi connectivity index (χ2n) is 6.83. The molecule has 2 aliphatic heterocycles. The van der Waals surface area contributed by atoms with E-state index in [1.54, 1.807) is 0 Å². The number of hydrogen-bond acceptors (Lipinski definition) is 4. The molecule has 3 aliphatic rings. The Balaban J connectivity index is 1.24. The number of anilines is 1. The summed E-state index contributed by atoms with van der Waals surface area (Å²) in [5.41, 5.74) is 0. The van der Waals surface area contributed by atoms with Crippen LogP contribution in [0.2, 0.25) is 0 Å². The molecule has 1 aromatic heterocycles. The highest BCUT2D eigenvalue weighted by Gasteiger charge is 2.35. The molecule has 0 radical (unpaired) electrons. The number of nitrogens with one attached hydrogen (secondary N) is 1. The number of rotatable bonds is 4. The number of piperidine rings is 1. The molecular weight excluding hydrogens is 260 g/mol. The summed E-state index contributed by atoms with van der Waals surface area (Å²) in [7, 11) is 0. The lowest BCUT2D eigenvalue weighted by Crippen LogP contribution is -2.47. The average molecular weight is 286 g/mol. The van der Waals surface area contributed by atoms with Crippen LogP contribution in [-0.4, -0.2) is 54.2 Å². The zero-order chi connectivity index (χ0) is 14.1. The molecule has 3 heterocycles. The van der Waals surface area contributed by atoms with Crippen molar-refractivity contribution in [2.75, 3.05) is 31.1 Å². The number of nitrogens with zero attached hydrogens (tertiary/aromatic N) is 3. The van der Waals surface area contributed by atoms with Crippen LogP contribution in [0.3, 0.4) is 0 Å². The number of hydrogen-bond donors (Lipinski definition) is 1. The quantitative estimate of drug-likeness (QED) is 0.916. The molecule has 0 aromatic carbocycles. The SMILES string of the molecule is c1ccc(N2CCC(NC3CCN(C4CC4)C3)CC2)nc1. The molecule has 1 unspecified atom stereocenters. The molecule has 4 nitrogen and oxygen atoms in total. The molecule has 0 amide bonds. The Kier molecular flexibility index (Phi) is 3.82. The third kappa shape index (κ3) is 3.22. The van der Waals surface area contributed by atoms with Gasteiger partial charge in [0.15, 0.2) is 0 Å². The van der Waals surface area contributed by atoms with Crippen molar-refractivity contribution >= 4 is 5.82 Å². The first kappa shape index (κ1) is 13.5. The highest BCUT2D eigenvalue weighted by atomic mass is 15.2. The van der Waals surface area contributed by atoms with Gasteiger partial charge in [0.1, 0.15) is 5.82 Å². The molecule has 3 fully saturated rings. The van der Waals surface area contributed by atoms with Crippen molar-refractivity contribution in [1.82, 2.24) is 15.2 Å². The fourth-order valence-electron chi connectivity index (χ4n) is 3.84. The van der Waals surface area contributed by atoms with Crippen molar-refractivity contribution in [1.29, 1.82) is 0 Å². The van der Waals surface area contributed by atoms with Gasteiger partial charge in [0, 0.05) is 50.5 Å². The maximum Gasteiger partial charge on any atom is 0.128 e. The normalized spacial score (nSPS) is 28.2. The van der Waals surface area contributed by atoms with Crippen molar-refractivity contribution in [3.8, 4) is 0 Å². The lowest BCUT2D eigenvalue weighted by atomic mass is 10.0. The first-order chi connectivity index (χ1) is 10.4. The van der Waals surface area contributed by atoms with Crippen LogP contribution in [-0.2, 0) is 0 Å². The minimum absolute atomic E-state index is 0.703. The van der Waals surface area contributed by atoms with Gasteiger partial charge < -0.3 is 10.2 Å². The Morgan fingerprint density at radius 3 is 2.48 bits per heavy atom. The monoisotopic (exact) mass is 286 g/mol. The largest absolute Gasteiger partial charge is 0.357 e. The summed E-state index contributed by atoms with van der Waals surface area (Å²) in [5.74, 6) is 1.14. The highest BCUT2D eigenvalue weighted by molar-refractivity contribution is 5.38. The summed E-state index contributed by atoms with van der Waals surface area (Å²) in [6, 6.07) is 8.56. The summed E-state index contributed by atoms with van der Waals surface area (Å²) in [6.45, 7) is 4.86. The van der Waals surface area contributed by atoms with Crippen LogP contribution >= 0.6 is 0 Å². The smallest absolute Gasteiger partial charge is 0.128 e. The van der Waals surface area contributed by atoms with Crippen LogP contribution in [0.1, 0.15) is 32.1 Å². The van der Waals surface area contributed by atoms with Gasteiger partial charge in [-0.1, -0.05) is 6.07 Å². The molecule has 21 heavy (non-hydrogen) atoms. The molecule has 114 valence electrons. The molecule has 1 atom stereocenters. The van der Waals surface area contributed by atoms with Crippen LogP contribution in [0.15, 0.2) is 24.4 Å². The molecule has 1 aliphatic carbocycles. The average Bonchev–Trinajstić information content (AvgIpc) is 3.29. The molecule has 2 saturated heterocycles. The van der Waals surface area contributed by atoms with Crippen LogP contribution in [0.4, 0.5) is 5.82 Å². The van der Waals surface area contributed by atoms with E-state index >= 15 is 0 Å². The Morgan fingerprint density at radius 1 is 0.952 bits per heavy atom. The number of aromatic nitrogens is 1. The van der Waals surface area contributed by atoms with Gasteiger partial charge in [-0.15, -0.1) is 0 Å². The van der Waals surface area contributed by atoms with Crippen molar-refractivity contribution in [2.24, 2.45) is 0 Å². The van der Waals surface area contributed by atoms with Gasteiger partial charge in [0.2, 0.25) is 0 Å². The highest BCUT2D eigenvalue weighted by Crippen LogP contribution is 2.30. The molecule has 4 heteroatoms. The van der Waals surface area contributed by atoms with Gasteiger partial charge in [-0.2, -0.15) is 0 Å². The van der Waals surface area contributed by atoms with Gasteiger partial charge in [-0.05, 0) is 44.2 Å². The number of pyridine rings is 1. The van der Waals surface area contributed by atoms with Crippen molar-refractivity contribution in [2.45, 2.75) is 50.2 Å². The van der Waals surface area contributed by atoms with E-state index in [2.05, 4.69) is 32.2 Å². The fourth-order valence-corrected chi connectivity index (χ4v) is 3.84. The Hall–Kier alpha value is -1.13. The van der Waals surface area contributed by atoms with E-state index in [1.807, 2.05) is 12.3 Å². The van der Waals surface area contributed by atoms with E-state index in [-0.39, 0.29) is 0 Å². The number of likely N-dealkylation sites (tertiary alicyclic amines) is 1. The maximum atomic E-state index is 4.47. The summed E-state index contributed by atoms with van der Waals surface area (Å²) in [6.07, 6.45) is 8.61. The van der Waals surface area contributed by atoms with Gasteiger partial charge in [0.25, 0.3) is 0 Å². The summed E-state index contributed by atoms with van der Waals surface area (Å²) < 4.78 is 0. The minimum atomic E-state index is 0.703. The van der Waals surface area contributed by atoms with Crippen LogP contribution in [0.5, 0.6) is 0 Å². The van der Waals surface area contributed by atoms with Crippen LogP contribution in [0.25, 0.3) is 0 Å². The molecule has 1 N–H and O–H groups in total. The van der Waals surface area contributed by atoms with Gasteiger partial charge in [-0.25, -0.2) is 4.98 Å². The zero-order valence-electron chi connectivity index (χ0n) is 12.7. The topological polar surface area (TPSA) is 31.4 Å². The summed E-state index contributed by atoms with van der Waals surface area (Å²) in [5, 5.41) is 3.91. The van der Waals surface area contributed by atoms with Crippen LogP contribution in [0, 0.1) is 0 Å². The van der Waals surface area contributed by atoms with E-state index in [1.165, 1.54) is 45.2 Å². The van der Waals surface area contributed by atoms with E-state index < -0.39 is 0 Å². The molecule has 1 saturated carbocycles. The second-order valence-corrected chi connectivity index (χ2v) is 6.83. The zero-order valence-corrected chi connectivity index (χ0v) is 12.7. The van der Waals surface area contributed by atoms with Gasteiger partial charge >= 0.3 is 0 Å². The second kappa shape index (κ2) is 5.93. The lowest BCUT2D eigenvalue weighted by Gasteiger charge is -2.34. The Morgan fingerprint density at radius 2 is 1.76 bits per heavy atom. The third-order valence-corrected chi connectivity index (χ3v) is 5.22. The third-order valence-electron chi connectivity index (χ3n) is 5.22. The molecular formula is C17H26N4. The van der Waals surface area contributed by atoms with Gasteiger partial charge in [0.05, 0.1) is 0 Å². The van der Waals surface area contributed by atoms with E-state index in [0.29, 0.717) is 6.04 Å². The summed E-state index contributed by atoms with van der Waals surface area (Å²) >= 11 is 0. The first-order valence-corrected chi connectivity index (χ1v) is 8.54. The Labute approximate surface area is 127 Å². The van der Waals surface area contributed by atoms with E-state index in [0.717, 1.165) is 31.0 Å². The lowest BCUT2D eigenvalue weighted by molar-refractivity contribution is 0.304. The fraction of sp³-hybridized carbons (Fsp3) is 0.706. The maximum absolute atomic E-state index is 4.47. The predicted molar refractivity (Wildman–Crippen MR) is 85.6 cm³/mol. The minimum Gasteiger partial charge on any atom is -0.357 e. The van der Waals surface area contributed by atoms with Crippen LogP contribution < -0.4 is 10.2 Å². The molecule has 4 rings (SSSR count). The van der Waals surface area contributed by atoms with Crippen molar-refractivity contribution < 1.29 is 0 Å². The van der Waals surface area contributed by atoms with Crippen molar-refractivity contribution in [3.63, 3.8) is 0 Å². The molecule has 0 spiro atoms. The standard InChI is InChI=1S/C17H26N4/c1-2-9-18-17(3-1)20-10-6-14(7-11-20)19-15-8-12-21(13-15)16-4-5-16/h1-3,9,14-16,19H,4-8,10-13H2. The van der Waals surface area contributed by atoms with Crippen molar-refractivity contribution in [3.05, 3.63) is 24.4 Å². The molecule has 0 bridgehead atoms. The first-order valence-electron chi connectivity index (χ1n) is 8.54. The van der Waals surface area contributed by atoms with E-state index in [4.69, 9.17) is 0 Å². The van der Waals surface area contributed by atoms with E-state index in [9.17, 15) is 0 Å². The predicted octanol–water partition coefficient (Wildman–Crippen LogP) is 1.88.